The van der Waals surface area contributed by atoms with Crippen molar-refractivity contribution in [2.24, 2.45) is 0 Å². The van der Waals surface area contributed by atoms with Crippen LogP contribution in [0.2, 0.25) is 10.0 Å². The quantitative estimate of drug-likeness (QED) is 0.805. The van der Waals surface area contributed by atoms with Crippen LogP contribution in [0.15, 0.2) is 30.3 Å². The van der Waals surface area contributed by atoms with Gasteiger partial charge in [0.25, 0.3) is 0 Å². The standard InChI is InChI=1S/C15H12Cl2N2O2/c16-10-2-1-3-14(20)9(10)7-18-13-4-8-5-15(21)19-12(8)6-11(13)17/h1-4,6,18,20H,5,7H2,(H,19,21). The van der Waals surface area contributed by atoms with Gasteiger partial charge in [-0.05, 0) is 29.8 Å². The van der Waals surface area contributed by atoms with E-state index in [1.54, 1.807) is 24.3 Å². The summed E-state index contributed by atoms with van der Waals surface area (Å²) in [7, 11) is 0. The molecule has 21 heavy (non-hydrogen) atoms. The number of carbonyl (C=O) groups excluding carboxylic acids is 1. The second kappa shape index (κ2) is 5.47. The molecule has 0 fully saturated rings. The van der Waals surface area contributed by atoms with Crippen molar-refractivity contribution in [2.45, 2.75) is 13.0 Å². The molecule has 1 aliphatic rings. The Morgan fingerprint density at radius 1 is 1.24 bits per heavy atom. The smallest absolute Gasteiger partial charge is 0.228 e. The Balaban J connectivity index is 1.83. The predicted molar refractivity (Wildman–Crippen MR) is 84.2 cm³/mol. The number of phenols is 1. The number of halogens is 2. The van der Waals surface area contributed by atoms with Crippen molar-refractivity contribution in [3.8, 4) is 5.75 Å². The molecule has 1 aliphatic heterocycles. The molecule has 2 aromatic rings. The molecule has 2 aromatic carbocycles. The van der Waals surface area contributed by atoms with Crippen LogP contribution >= 0.6 is 23.2 Å². The predicted octanol–water partition coefficient (Wildman–Crippen LogP) is 3.81. The number of amides is 1. The highest BCUT2D eigenvalue weighted by Crippen LogP contribution is 2.34. The number of hydrogen-bond acceptors (Lipinski definition) is 3. The molecule has 0 aromatic heterocycles. The summed E-state index contributed by atoms with van der Waals surface area (Å²) in [5, 5.41) is 16.7. The Hall–Kier alpha value is -1.91. The van der Waals surface area contributed by atoms with Crippen molar-refractivity contribution in [1.29, 1.82) is 0 Å². The van der Waals surface area contributed by atoms with Crippen LogP contribution in [0.1, 0.15) is 11.1 Å². The Labute approximate surface area is 131 Å². The minimum absolute atomic E-state index is 0.0398. The van der Waals surface area contributed by atoms with Crippen molar-refractivity contribution in [3.63, 3.8) is 0 Å². The number of carbonyl (C=O) groups is 1. The molecule has 1 heterocycles. The molecule has 108 valence electrons. The van der Waals surface area contributed by atoms with Crippen LogP contribution in [0.5, 0.6) is 5.75 Å². The molecule has 0 bridgehead atoms. The second-order valence-electron chi connectivity index (χ2n) is 4.81. The number of rotatable bonds is 3. The van der Waals surface area contributed by atoms with Crippen LogP contribution in [-0.4, -0.2) is 11.0 Å². The second-order valence-corrected chi connectivity index (χ2v) is 5.62. The summed E-state index contributed by atoms with van der Waals surface area (Å²) in [5.41, 5.74) is 2.95. The van der Waals surface area contributed by atoms with Gasteiger partial charge in [0.05, 0.1) is 17.1 Å². The van der Waals surface area contributed by atoms with Gasteiger partial charge in [-0.1, -0.05) is 29.3 Å². The maximum Gasteiger partial charge on any atom is 0.228 e. The first-order valence-electron chi connectivity index (χ1n) is 6.37. The summed E-state index contributed by atoms with van der Waals surface area (Å²) in [6, 6.07) is 8.53. The zero-order chi connectivity index (χ0) is 15.0. The van der Waals surface area contributed by atoms with Crippen LogP contribution < -0.4 is 10.6 Å². The first-order chi connectivity index (χ1) is 10.0. The van der Waals surface area contributed by atoms with E-state index in [1.807, 2.05) is 6.07 Å². The monoisotopic (exact) mass is 322 g/mol. The highest BCUT2D eigenvalue weighted by atomic mass is 35.5. The zero-order valence-corrected chi connectivity index (χ0v) is 12.4. The first-order valence-corrected chi connectivity index (χ1v) is 7.12. The first kappa shape index (κ1) is 14.0. The fraction of sp³-hybridized carbons (Fsp3) is 0.133. The van der Waals surface area contributed by atoms with Gasteiger partial charge >= 0.3 is 0 Å². The summed E-state index contributed by atoms with van der Waals surface area (Å²) in [5.74, 6) is 0.0890. The van der Waals surface area contributed by atoms with Crippen molar-refractivity contribution in [1.82, 2.24) is 0 Å². The fourth-order valence-electron chi connectivity index (χ4n) is 2.29. The molecule has 0 unspecified atom stereocenters. The lowest BCUT2D eigenvalue weighted by atomic mass is 10.1. The van der Waals surface area contributed by atoms with Crippen LogP contribution in [0.25, 0.3) is 0 Å². The fourth-order valence-corrected chi connectivity index (χ4v) is 2.76. The number of fused-ring (bicyclic) bond motifs is 1. The summed E-state index contributed by atoms with van der Waals surface area (Å²) >= 11 is 12.3. The number of aromatic hydroxyl groups is 1. The molecular weight excluding hydrogens is 311 g/mol. The van der Waals surface area contributed by atoms with Gasteiger partial charge in [-0.3, -0.25) is 4.79 Å². The van der Waals surface area contributed by atoms with Gasteiger partial charge in [0.2, 0.25) is 5.91 Å². The van der Waals surface area contributed by atoms with Gasteiger partial charge in [-0.2, -0.15) is 0 Å². The topological polar surface area (TPSA) is 61.4 Å². The van der Waals surface area contributed by atoms with E-state index in [-0.39, 0.29) is 11.7 Å². The molecule has 0 spiro atoms. The van der Waals surface area contributed by atoms with E-state index < -0.39 is 0 Å². The number of anilines is 2. The summed E-state index contributed by atoms with van der Waals surface area (Å²) in [4.78, 5) is 11.4. The number of hydrogen-bond donors (Lipinski definition) is 3. The van der Waals surface area contributed by atoms with E-state index in [0.29, 0.717) is 34.3 Å². The number of phenolic OH excluding ortho intramolecular Hbond substituents is 1. The van der Waals surface area contributed by atoms with E-state index in [9.17, 15) is 9.90 Å². The highest BCUT2D eigenvalue weighted by Gasteiger charge is 2.19. The molecule has 0 saturated carbocycles. The van der Waals surface area contributed by atoms with E-state index in [2.05, 4.69) is 10.6 Å². The third-order valence-electron chi connectivity index (χ3n) is 3.37. The van der Waals surface area contributed by atoms with Gasteiger partial charge in [-0.15, -0.1) is 0 Å². The average molecular weight is 323 g/mol. The van der Waals surface area contributed by atoms with Crippen molar-refractivity contribution < 1.29 is 9.90 Å². The Morgan fingerprint density at radius 3 is 2.81 bits per heavy atom. The van der Waals surface area contributed by atoms with Crippen LogP contribution in [-0.2, 0) is 17.8 Å². The van der Waals surface area contributed by atoms with Crippen molar-refractivity contribution in [2.75, 3.05) is 10.6 Å². The lowest BCUT2D eigenvalue weighted by molar-refractivity contribution is -0.115. The molecule has 3 N–H and O–H groups in total. The molecule has 0 atom stereocenters. The van der Waals surface area contributed by atoms with Crippen LogP contribution in [0.3, 0.4) is 0 Å². The van der Waals surface area contributed by atoms with E-state index in [1.165, 1.54) is 0 Å². The summed E-state index contributed by atoms with van der Waals surface area (Å²) in [6.07, 6.45) is 0.346. The number of benzene rings is 2. The van der Waals surface area contributed by atoms with Gasteiger partial charge in [0, 0.05) is 22.8 Å². The summed E-state index contributed by atoms with van der Waals surface area (Å²) < 4.78 is 0. The molecule has 0 aliphatic carbocycles. The maximum absolute atomic E-state index is 11.4. The van der Waals surface area contributed by atoms with Crippen molar-refractivity contribution in [3.05, 3.63) is 51.5 Å². The maximum atomic E-state index is 11.4. The Bertz CT molecular complexity index is 712. The van der Waals surface area contributed by atoms with E-state index in [0.717, 1.165) is 11.3 Å². The largest absolute Gasteiger partial charge is 0.508 e. The van der Waals surface area contributed by atoms with Crippen LogP contribution in [0, 0.1) is 0 Å². The van der Waals surface area contributed by atoms with Crippen molar-refractivity contribution >= 4 is 40.5 Å². The van der Waals surface area contributed by atoms with Gasteiger partial charge in [0.15, 0.2) is 0 Å². The molecule has 6 heteroatoms. The van der Waals surface area contributed by atoms with E-state index >= 15 is 0 Å². The SMILES string of the molecule is O=C1Cc2cc(NCc3c(O)cccc3Cl)c(Cl)cc2N1. The Kier molecular flexibility index (Phi) is 3.66. The zero-order valence-electron chi connectivity index (χ0n) is 10.9. The molecule has 0 radical (unpaired) electrons. The third kappa shape index (κ3) is 2.77. The van der Waals surface area contributed by atoms with Gasteiger partial charge in [-0.25, -0.2) is 0 Å². The summed E-state index contributed by atoms with van der Waals surface area (Å²) in [6.45, 7) is 0.339. The third-order valence-corrected chi connectivity index (χ3v) is 4.03. The average Bonchev–Trinajstić information content (AvgIpc) is 2.77. The van der Waals surface area contributed by atoms with E-state index in [4.69, 9.17) is 23.2 Å². The molecule has 3 rings (SSSR count). The molecular formula is C15H12Cl2N2O2. The molecule has 0 saturated heterocycles. The molecule has 1 amide bonds. The number of nitrogens with one attached hydrogen (secondary N) is 2. The Morgan fingerprint density at radius 2 is 2.05 bits per heavy atom. The lowest BCUT2D eigenvalue weighted by Gasteiger charge is -2.12. The highest BCUT2D eigenvalue weighted by molar-refractivity contribution is 6.34. The van der Waals surface area contributed by atoms with Gasteiger partial charge < -0.3 is 15.7 Å². The normalized spacial score (nSPS) is 13.0. The minimum atomic E-state index is -0.0398. The lowest BCUT2D eigenvalue weighted by Crippen LogP contribution is -2.03. The van der Waals surface area contributed by atoms with Crippen LogP contribution in [0.4, 0.5) is 11.4 Å². The van der Waals surface area contributed by atoms with Gasteiger partial charge in [0.1, 0.15) is 5.75 Å². The molecule has 4 nitrogen and oxygen atoms in total. The minimum Gasteiger partial charge on any atom is -0.508 e.